The summed E-state index contributed by atoms with van der Waals surface area (Å²) >= 11 is 0. The first kappa shape index (κ1) is 16.1. The Morgan fingerprint density at radius 3 is 2.00 bits per heavy atom. The average Bonchev–Trinajstić information content (AvgIpc) is 2.28. The number of carbonyl (C=O) groups excluding carboxylic acids is 1. The zero-order valence-corrected chi connectivity index (χ0v) is 11.1. The Morgan fingerprint density at radius 2 is 1.71 bits per heavy atom. The summed E-state index contributed by atoms with van der Waals surface area (Å²) in [5.74, 6) is -4.34. The number of hydrogen-bond donors (Lipinski definition) is 1. The number of methoxy groups -OCH3 is 1. The molecule has 0 aromatic heterocycles. The molecule has 17 heavy (non-hydrogen) atoms. The van der Waals surface area contributed by atoms with Gasteiger partial charge in [0, 0.05) is 14.2 Å². The summed E-state index contributed by atoms with van der Waals surface area (Å²) in [6.07, 6.45) is -0.175. The third-order valence-corrected chi connectivity index (χ3v) is 4.49. The summed E-state index contributed by atoms with van der Waals surface area (Å²) in [5.41, 5.74) is 0. The molecular formula is C9H17O7P. The summed E-state index contributed by atoms with van der Waals surface area (Å²) in [5, 5.41) is 8.92. The number of hydrogen-bond acceptors (Lipinski definition) is 6. The molecule has 7 nitrogen and oxygen atoms in total. The number of esters is 1. The van der Waals surface area contributed by atoms with E-state index in [4.69, 9.17) is 5.11 Å². The largest absolute Gasteiger partial charge is 0.481 e. The van der Waals surface area contributed by atoms with Crippen molar-refractivity contribution in [3.05, 3.63) is 0 Å². The Hall–Kier alpha value is -0.910. The Morgan fingerprint density at radius 1 is 1.24 bits per heavy atom. The molecule has 0 spiro atoms. The van der Waals surface area contributed by atoms with Crippen LogP contribution >= 0.6 is 7.60 Å². The molecule has 0 saturated carbocycles. The fourth-order valence-corrected chi connectivity index (χ4v) is 2.75. The Labute approximate surface area is 99.6 Å². The van der Waals surface area contributed by atoms with Crippen LogP contribution in [0.25, 0.3) is 0 Å². The molecule has 0 heterocycles. The highest BCUT2D eigenvalue weighted by atomic mass is 31.2. The number of carboxylic acids is 1. The maximum Gasteiger partial charge on any atom is 0.330 e. The topological polar surface area (TPSA) is 99.1 Å². The highest BCUT2D eigenvalue weighted by molar-refractivity contribution is 7.53. The van der Waals surface area contributed by atoms with Crippen LogP contribution < -0.4 is 0 Å². The van der Waals surface area contributed by atoms with Crippen LogP contribution in [-0.4, -0.2) is 44.5 Å². The summed E-state index contributed by atoms with van der Waals surface area (Å²) in [7, 11) is 0.141. The van der Waals surface area contributed by atoms with E-state index in [-0.39, 0.29) is 6.16 Å². The molecule has 1 N–H and O–H groups in total. The van der Waals surface area contributed by atoms with Crippen LogP contribution in [0.3, 0.4) is 0 Å². The van der Waals surface area contributed by atoms with Gasteiger partial charge in [-0.25, -0.2) is 0 Å². The molecule has 0 amide bonds. The van der Waals surface area contributed by atoms with Gasteiger partial charge in [-0.15, -0.1) is 0 Å². The van der Waals surface area contributed by atoms with Crippen molar-refractivity contribution in [1.82, 2.24) is 0 Å². The lowest BCUT2D eigenvalue weighted by Crippen LogP contribution is -2.32. The summed E-state index contributed by atoms with van der Waals surface area (Å²) in [6.45, 7) is 1.47. The van der Waals surface area contributed by atoms with Crippen LogP contribution in [0.2, 0.25) is 0 Å². The van der Waals surface area contributed by atoms with Crippen LogP contribution in [0.1, 0.15) is 6.92 Å². The van der Waals surface area contributed by atoms with E-state index in [1.165, 1.54) is 21.1 Å². The molecule has 0 aliphatic heterocycles. The zero-order valence-electron chi connectivity index (χ0n) is 10.2. The smallest absolute Gasteiger partial charge is 0.330 e. The molecule has 0 rings (SSSR count). The van der Waals surface area contributed by atoms with Gasteiger partial charge in [0.15, 0.2) is 5.92 Å². The molecule has 0 aromatic rings. The maximum absolute atomic E-state index is 11.8. The van der Waals surface area contributed by atoms with Crippen molar-refractivity contribution < 1.29 is 33.0 Å². The van der Waals surface area contributed by atoms with Gasteiger partial charge in [-0.1, -0.05) is 6.92 Å². The fourth-order valence-electron chi connectivity index (χ4n) is 1.39. The van der Waals surface area contributed by atoms with Crippen molar-refractivity contribution in [3.63, 3.8) is 0 Å². The molecule has 0 saturated heterocycles. The Balaban J connectivity index is 4.87. The zero-order chi connectivity index (χ0) is 13.6. The van der Waals surface area contributed by atoms with Crippen molar-refractivity contribution in [2.24, 2.45) is 11.8 Å². The van der Waals surface area contributed by atoms with Gasteiger partial charge in [-0.05, 0) is 5.92 Å². The lowest BCUT2D eigenvalue weighted by atomic mass is 9.96. The van der Waals surface area contributed by atoms with Gasteiger partial charge in [0.25, 0.3) is 0 Å². The minimum Gasteiger partial charge on any atom is -0.481 e. The van der Waals surface area contributed by atoms with E-state index in [2.05, 4.69) is 13.8 Å². The van der Waals surface area contributed by atoms with E-state index in [1.807, 2.05) is 0 Å². The van der Waals surface area contributed by atoms with E-state index in [9.17, 15) is 14.2 Å². The molecular weight excluding hydrogens is 251 g/mol. The molecule has 0 aromatic carbocycles. The third-order valence-electron chi connectivity index (χ3n) is 2.36. The Bertz CT molecular complexity index is 319. The SMILES string of the molecule is COC(=O)C(C(=O)O)C(C)CP(=O)(OC)OC. The number of aliphatic carboxylic acids is 1. The lowest BCUT2D eigenvalue weighted by molar-refractivity contribution is -0.158. The molecule has 0 aliphatic carbocycles. The van der Waals surface area contributed by atoms with Gasteiger partial charge in [-0.3, -0.25) is 14.2 Å². The predicted molar refractivity (Wildman–Crippen MR) is 58.8 cm³/mol. The van der Waals surface area contributed by atoms with Crippen LogP contribution in [0.15, 0.2) is 0 Å². The summed E-state index contributed by atoms with van der Waals surface area (Å²) < 4.78 is 25.6. The monoisotopic (exact) mass is 268 g/mol. The van der Waals surface area contributed by atoms with Gasteiger partial charge >= 0.3 is 19.5 Å². The second kappa shape index (κ2) is 6.74. The molecule has 8 heteroatoms. The van der Waals surface area contributed by atoms with E-state index in [0.717, 1.165) is 7.11 Å². The highest BCUT2D eigenvalue weighted by Gasteiger charge is 2.38. The van der Waals surface area contributed by atoms with Crippen molar-refractivity contribution >= 4 is 19.5 Å². The van der Waals surface area contributed by atoms with Gasteiger partial charge in [-0.2, -0.15) is 0 Å². The molecule has 0 radical (unpaired) electrons. The van der Waals surface area contributed by atoms with Crippen LogP contribution in [0.4, 0.5) is 0 Å². The number of carboxylic acid groups (broad SMARTS) is 1. The molecule has 0 fully saturated rings. The van der Waals surface area contributed by atoms with Crippen molar-refractivity contribution in [2.45, 2.75) is 6.92 Å². The van der Waals surface area contributed by atoms with Crippen LogP contribution in [0, 0.1) is 11.8 Å². The van der Waals surface area contributed by atoms with Gasteiger partial charge in [0.05, 0.1) is 13.3 Å². The molecule has 2 unspecified atom stereocenters. The predicted octanol–water partition coefficient (Wildman–Crippen LogP) is 0.982. The quantitative estimate of drug-likeness (QED) is 0.417. The van der Waals surface area contributed by atoms with Crippen LogP contribution in [-0.2, 0) is 27.9 Å². The first-order valence-electron chi connectivity index (χ1n) is 4.82. The molecule has 2 atom stereocenters. The first-order valence-corrected chi connectivity index (χ1v) is 6.55. The van der Waals surface area contributed by atoms with E-state index in [1.54, 1.807) is 0 Å². The highest BCUT2D eigenvalue weighted by Crippen LogP contribution is 2.49. The number of rotatable bonds is 7. The molecule has 0 aliphatic rings. The summed E-state index contributed by atoms with van der Waals surface area (Å²) in [4.78, 5) is 22.2. The van der Waals surface area contributed by atoms with Crippen molar-refractivity contribution in [1.29, 1.82) is 0 Å². The Kier molecular flexibility index (Phi) is 6.37. The fraction of sp³-hybridized carbons (Fsp3) is 0.778. The lowest BCUT2D eigenvalue weighted by Gasteiger charge is -2.21. The molecule has 100 valence electrons. The second-order valence-corrected chi connectivity index (χ2v) is 5.79. The number of ether oxygens (including phenoxy) is 1. The maximum atomic E-state index is 11.8. The van der Waals surface area contributed by atoms with Gasteiger partial charge < -0.3 is 18.9 Å². The third kappa shape index (κ3) is 4.46. The number of carbonyl (C=O) groups is 2. The van der Waals surface area contributed by atoms with Gasteiger partial charge in [0.1, 0.15) is 0 Å². The standard InChI is InChI=1S/C9H17O7P/c1-6(5-17(13,15-3)16-4)7(8(10)11)9(12)14-2/h6-7H,5H2,1-4H3,(H,10,11). The minimum atomic E-state index is -3.35. The van der Waals surface area contributed by atoms with E-state index < -0.39 is 31.4 Å². The first-order chi connectivity index (χ1) is 7.81. The van der Waals surface area contributed by atoms with E-state index in [0.29, 0.717) is 0 Å². The molecule has 0 bridgehead atoms. The minimum absolute atomic E-state index is 0.175. The van der Waals surface area contributed by atoms with Crippen molar-refractivity contribution in [2.75, 3.05) is 27.5 Å². The second-order valence-electron chi connectivity index (χ2n) is 3.47. The normalized spacial score (nSPS) is 15.1. The summed E-state index contributed by atoms with van der Waals surface area (Å²) in [6, 6.07) is 0. The van der Waals surface area contributed by atoms with Crippen LogP contribution in [0.5, 0.6) is 0 Å². The van der Waals surface area contributed by atoms with Gasteiger partial charge in [0.2, 0.25) is 0 Å². The average molecular weight is 268 g/mol. The van der Waals surface area contributed by atoms with E-state index >= 15 is 0 Å². The van der Waals surface area contributed by atoms with Crippen molar-refractivity contribution in [3.8, 4) is 0 Å².